The van der Waals surface area contributed by atoms with Gasteiger partial charge in [-0.2, -0.15) is 0 Å². The van der Waals surface area contributed by atoms with Crippen molar-refractivity contribution in [3.05, 3.63) is 27.4 Å². The van der Waals surface area contributed by atoms with E-state index in [1.54, 1.807) is 0 Å². The molecule has 0 aromatic carbocycles. The molecule has 1 aliphatic heterocycles. The quantitative estimate of drug-likeness (QED) is 0.778. The van der Waals surface area contributed by atoms with E-state index in [0.717, 1.165) is 56.2 Å². The molecule has 5 nitrogen and oxygen atoms in total. The average molecular weight is 236 g/mol. The molecule has 94 valence electrons. The van der Waals surface area contributed by atoms with E-state index in [2.05, 4.69) is 20.2 Å². The Balaban J connectivity index is 2.13. The number of aryl methyl sites for hydroxylation is 1. The molecule has 1 aromatic rings. The zero-order valence-corrected chi connectivity index (χ0v) is 10.5. The number of nitrogens with one attached hydrogen (secondary N) is 2. The van der Waals surface area contributed by atoms with Crippen LogP contribution in [0.5, 0.6) is 0 Å². The molecule has 0 aliphatic carbocycles. The lowest BCUT2D eigenvalue weighted by Gasteiger charge is -2.26. The maximum Gasteiger partial charge on any atom is 0.254 e. The van der Waals surface area contributed by atoms with E-state index in [1.807, 2.05) is 13.8 Å². The standard InChI is InChI=1S/C12H20N4O/c1-3-10-9(2)14-11(15-12(10)17)8-16-6-4-13-5-7-16/h13H,3-8H2,1-2H3,(H,14,15,17). The molecule has 1 aromatic heterocycles. The van der Waals surface area contributed by atoms with Gasteiger partial charge >= 0.3 is 0 Å². The number of rotatable bonds is 3. The second-order valence-electron chi connectivity index (χ2n) is 4.46. The van der Waals surface area contributed by atoms with Gasteiger partial charge in [-0.1, -0.05) is 6.92 Å². The molecule has 0 unspecified atom stereocenters. The van der Waals surface area contributed by atoms with Crippen molar-refractivity contribution < 1.29 is 0 Å². The van der Waals surface area contributed by atoms with E-state index in [1.165, 1.54) is 0 Å². The lowest BCUT2D eigenvalue weighted by molar-refractivity contribution is 0.227. The number of hydrogen-bond acceptors (Lipinski definition) is 4. The summed E-state index contributed by atoms with van der Waals surface area (Å²) in [4.78, 5) is 21.5. The van der Waals surface area contributed by atoms with Gasteiger partial charge in [0, 0.05) is 37.4 Å². The highest BCUT2D eigenvalue weighted by Gasteiger charge is 2.12. The van der Waals surface area contributed by atoms with Gasteiger partial charge in [-0.3, -0.25) is 9.69 Å². The van der Waals surface area contributed by atoms with Gasteiger partial charge in [0.05, 0.1) is 6.54 Å². The molecule has 0 amide bonds. The first-order valence-corrected chi connectivity index (χ1v) is 6.22. The highest BCUT2D eigenvalue weighted by Crippen LogP contribution is 2.03. The van der Waals surface area contributed by atoms with Crippen molar-refractivity contribution in [1.82, 2.24) is 20.2 Å². The molecule has 0 radical (unpaired) electrons. The summed E-state index contributed by atoms with van der Waals surface area (Å²) in [5.41, 5.74) is 1.68. The lowest BCUT2D eigenvalue weighted by atomic mass is 10.2. The number of aromatic amines is 1. The molecule has 2 heterocycles. The molecule has 1 fully saturated rings. The van der Waals surface area contributed by atoms with Gasteiger partial charge in [0.15, 0.2) is 0 Å². The third-order valence-electron chi connectivity index (χ3n) is 3.21. The smallest absolute Gasteiger partial charge is 0.254 e. The second kappa shape index (κ2) is 5.42. The molecule has 1 saturated heterocycles. The average Bonchev–Trinajstić information content (AvgIpc) is 2.30. The monoisotopic (exact) mass is 236 g/mol. The summed E-state index contributed by atoms with van der Waals surface area (Å²) in [6.45, 7) is 8.68. The Labute approximate surface area is 101 Å². The van der Waals surface area contributed by atoms with Gasteiger partial charge in [0.2, 0.25) is 0 Å². The summed E-state index contributed by atoms with van der Waals surface area (Å²) in [6, 6.07) is 0. The van der Waals surface area contributed by atoms with E-state index in [4.69, 9.17) is 0 Å². The molecule has 17 heavy (non-hydrogen) atoms. The Morgan fingerprint density at radius 3 is 2.65 bits per heavy atom. The number of H-pyrrole nitrogens is 1. The Hall–Kier alpha value is -1.20. The summed E-state index contributed by atoms with van der Waals surface area (Å²) < 4.78 is 0. The van der Waals surface area contributed by atoms with E-state index < -0.39 is 0 Å². The van der Waals surface area contributed by atoms with Crippen molar-refractivity contribution >= 4 is 0 Å². The predicted molar refractivity (Wildman–Crippen MR) is 67.1 cm³/mol. The zero-order valence-electron chi connectivity index (χ0n) is 10.5. The summed E-state index contributed by atoms with van der Waals surface area (Å²) in [7, 11) is 0. The summed E-state index contributed by atoms with van der Waals surface area (Å²) in [5.74, 6) is 0.784. The van der Waals surface area contributed by atoms with Crippen LogP contribution in [-0.2, 0) is 13.0 Å². The fraction of sp³-hybridized carbons (Fsp3) is 0.667. The van der Waals surface area contributed by atoms with Crippen molar-refractivity contribution in [2.24, 2.45) is 0 Å². The van der Waals surface area contributed by atoms with Crippen LogP contribution in [0.15, 0.2) is 4.79 Å². The van der Waals surface area contributed by atoms with E-state index in [9.17, 15) is 4.79 Å². The molecule has 2 rings (SSSR count). The first-order chi connectivity index (χ1) is 8.20. The molecule has 0 bridgehead atoms. The molecule has 0 spiro atoms. The van der Waals surface area contributed by atoms with Crippen LogP contribution < -0.4 is 10.9 Å². The van der Waals surface area contributed by atoms with Gasteiger partial charge in [-0.25, -0.2) is 4.98 Å². The lowest BCUT2D eigenvalue weighted by Crippen LogP contribution is -2.43. The summed E-state index contributed by atoms with van der Waals surface area (Å²) >= 11 is 0. The van der Waals surface area contributed by atoms with Gasteiger partial charge in [-0.05, 0) is 13.3 Å². The Bertz CT molecular complexity index is 435. The minimum atomic E-state index is 0.0186. The predicted octanol–water partition coefficient (Wildman–Crippen LogP) is 0.0459. The Morgan fingerprint density at radius 1 is 1.35 bits per heavy atom. The van der Waals surface area contributed by atoms with Crippen LogP contribution in [0.3, 0.4) is 0 Å². The minimum Gasteiger partial charge on any atom is -0.314 e. The van der Waals surface area contributed by atoms with E-state index in [-0.39, 0.29) is 5.56 Å². The zero-order chi connectivity index (χ0) is 12.3. The maximum absolute atomic E-state index is 11.8. The van der Waals surface area contributed by atoms with Crippen molar-refractivity contribution in [3.8, 4) is 0 Å². The van der Waals surface area contributed by atoms with Crippen LogP contribution in [0.4, 0.5) is 0 Å². The van der Waals surface area contributed by atoms with Crippen molar-refractivity contribution in [2.75, 3.05) is 26.2 Å². The molecule has 1 aliphatic rings. The van der Waals surface area contributed by atoms with Crippen molar-refractivity contribution in [2.45, 2.75) is 26.8 Å². The van der Waals surface area contributed by atoms with E-state index in [0.29, 0.717) is 0 Å². The highest BCUT2D eigenvalue weighted by molar-refractivity contribution is 5.16. The van der Waals surface area contributed by atoms with Gasteiger partial charge in [-0.15, -0.1) is 0 Å². The Morgan fingerprint density at radius 2 is 2.06 bits per heavy atom. The van der Waals surface area contributed by atoms with Crippen LogP contribution >= 0.6 is 0 Å². The van der Waals surface area contributed by atoms with Crippen molar-refractivity contribution in [3.63, 3.8) is 0 Å². The third kappa shape index (κ3) is 2.92. The van der Waals surface area contributed by atoms with Crippen LogP contribution in [0.25, 0.3) is 0 Å². The normalized spacial score (nSPS) is 17.3. The summed E-state index contributed by atoms with van der Waals surface area (Å²) in [5, 5.41) is 3.31. The van der Waals surface area contributed by atoms with E-state index >= 15 is 0 Å². The fourth-order valence-corrected chi connectivity index (χ4v) is 2.24. The number of nitrogens with zero attached hydrogens (tertiary/aromatic N) is 2. The summed E-state index contributed by atoms with van der Waals surface area (Å²) in [6.07, 6.45) is 0.738. The maximum atomic E-state index is 11.8. The second-order valence-corrected chi connectivity index (χ2v) is 4.46. The van der Waals surface area contributed by atoms with Crippen LogP contribution in [-0.4, -0.2) is 41.0 Å². The molecule has 5 heteroatoms. The third-order valence-corrected chi connectivity index (χ3v) is 3.21. The molecular formula is C12H20N4O. The number of aromatic nitrogens is 2. The molecular weight excluding hydrogens is 216 g/mol. The largest absolute Gasteiger partial charge is 0.314 e. The Kier molecular flexibility index (Phi) is 3.91. The van der Waals surface area contributed by atoms with Gasteiger partial charge < -0.3 is 10.3 Å². The minimum absolute atomic E-state index is 0.0186. The SMILES string of the molecule is CCc1c(C)nc(CN2CCNCC2)[nH]c1=O. The van der Waals surface area contributed by atoms with Crippen LogP contribution in [0.1, 0.15) is 24.0 Å². The van der Waals surface area contributed by atoms with Gasteiger partial charge in [0.25, 0.3) is 5.56 Å². The highest BCUT2D eigenvalue weighted by atomic mass is 16.1. The van der Waals surface area contributed by atoms with Crippen molar-refractivity contribution in [1.29, 1.82) is 0 Å². The first kappa shape index (κ1) is 12.3. The molecule has 2 N–H and O–H groups in total. The number of piperazine rings is 1. The molecule has 0 atom stereocenters. The van der Waals surface area contributed by atoms with Crippen LogP contribution in [0, 0.1) is 6.92 Å². The topological polar surface area (TPSA) is 61.0 Å². The fourth-order valence-electron chi connectivity index (χ4n) is 2.24. The van der Waals surface area contributed by atoms with Gasteiger partial charge in [0.1, 0.15) is 5.82 Å². The van der Waals surface area contributed by atoms with Crippen LogP contribution in [0.2, 0.25) is 0 Å². The number of hydrogen-bond donors (Lipinski definition) is 2. The first-order valence-electron chi connectivity index (χ1n) is 6.22. The molecule has 0 saturated carbocycles.